The summed E-state index contributed by atoms with van der Waals surface area (Å²) in [7, 11) is 0. The number of hydrogen-bond donors (Lipinski definition) is 0. The van der Waals surface area contributed by atoms with E-state index in [4.69, 9.17) is 0 Å². The van der Waals surface area contributed by atoms with Crippen LogP contribution in [0.4, 0.5) is 0 Å². The SMILES string of the molecule is CC1=C[C@H]2[C@H]3C[C@]3(C)[C@@H]1n1c(=O)n(-c3ccccc3)c(=O)n12. The van der Waals surface area contributed by atoms with Gasteiger partial charge in [0.25, 0.3) is 0 Å². The first-order valence-electron chi connectivity index (χ1n) is 7.74. The second-order valence-electron chi connectivity index (χ2n) is 7.05. The summed E-state index contributed by atoms with van der Waals surface area (Å²) in [6, 6.07) is 9.24. The van der Waals surface area contributed by atoms with Gasteiger partial charge >= 0.3 is 11.4 Å². The lowest BCUT2D eigenvalue weighted by molar-refractivity contribution is 0.168. The molecule has 0 radical (unpaired) electrons. The molecule has 2 bridgehead atoms. The summed E-state index contributed by atoms with van der Waals surface area (Å²) in [6.07, 6.45) is 3.27. The number of nitrogens with zero attached hydrogens (tertiary/aromatic N) is 3. The zero-order chi connectivity index (χ0) is 15.2. The van der Waals surface area contributed by atoms with Crippen molar-refractivity contribution >= 4 is 0 Å². The summed E-state index contributed by atoms with van der Waals surface area (Å²) < 4.78 is 4.70. The molecule has 2 aliphatic heterocycles. The monoisotopic (exact) mass is 295 g/mol. The average molecular weight is 295 g/mol. The third-order valence-electron chi connectivity index (χ3n) is 5.80. The van der Waals surface area contributed by atoms with Gasteiger partial charge in [0.15, 0.2) is 0 Å². The van der Waals surface area contributed by atoms with Crippen molar-refractivity contribution in [3.63, 3.8) is 0 Å². The summed E-state index contributed by atoms with van der Waals surface area (Å²) in [5.41, 5.74) is 1.56. The van der Waals surface area contributed by atoms with Crippen molar-refractivity contribution in [2.24, 2.45) is 11.3 Å². The molecule has 1 aromatic heterocycles. The summed E-state index contributed by atoms with van der Waals surface area (Å²) in [5.74, 6) is 0.491. The molecule has 1 fully saturated rings. The molecule has 4 atom stereocenters. The first-order valence-corrected chi connectivity index (χ1v) is 7.74. The molecule has 2 aromatic rings. The van der Waals surface area contributed by atoms with E-state index in [0.29, 0.717) is 11.6 Å². The second kappa shape index (κ2) is 3.54. The summed E-state index contributed by atoms with van der Waals surface area (Å²) in [5, 5.41) is 0. The maximum Gasteiger partial charge on any atom is 0.352 e. The highest BCUT2D eigenvalue weighted by molar-refractivity contribution is 5.34. The minimum Gasteiger partial charge on any atom is -0.245 e. The maximum absolute atomic E-state index is 13.0. The van der Waals surface area contributed by atoms with Gasteiger partial charge in [-0.1, -0.05) is 36.8 Å². The zero-order valence-electron chi connectivity index (χ0n) is 12.6. The van der Waals surface area contributed by atoms with Gasteiger partial charge in [0, 0.05) is 0 Å². The molecular formula is C17H17N3O2. The molecule has 3 heterocycles. The van der Waals surface area contributed by atoms with Crippen molar-refractivity contribution in [2.45, 2.75) is 32.4 Å². The second-order valence-corrected chi connectivity index (χ2v) is 7.05. The first kappa shape index (κ1) is 12.3. The van der Waals surface area contributed by atoms with Crippen LogP contribution in [0.15, 0.2) is 51.6 Å². The lowest BCUT2D eigenvalue weighted by atomic mass is 9.81. The Hall–Kier alpha value is -2.30. The van der Waals surface area contributed by atoms with E-state index in [9.17, 15) is 9.59 Å². The summed E-state index contributed by atoms with van der Waals surface area (Å²) in [6.45, 7) is 4.32. The van der Waals surface area contributed by atoms with E-state index in [2.05, 4.69) is 19.9 Å². The number of benzene rings is 1. The van der Waals surface area contributed by atoms with Gasteiger partial charge in [-0.15, -0.1) is 0 Å². The van der Waals surface area contributed by atoms with Crippen LogP contribution in [0, 0.1) is 11.3 Å². The number of hydrogen-bond acceptors (Lipinski definition) is 2. The van der Waals surface area contributed by atoms with Crippen LogP contribution >= 0.6 is 0 Å². The lowest BCUT2D eigenvalue weighted by Gasteiger charge is -2.40. The van der Waals surface area contributed by atoms with Gasteiger partial charge in [0.2, 0.25) is 0 Å². The molecule has 5 heteroatoms. The molecule has 0 spiro atoms. The van der Waals surface area contributed by atoms with Crippen molar-refractivity contribution in [1.82, 2.24) is 13.9 Å². The molecule has 4 aliphatic rings. The Morgan fingerprint density at radius 1 is 1.09 bits per heavy atom. The topological polar surface area (TPSA) is 48.9 Å². The van der Waals surface area contributed by atoms with Crippen LogP contribution in [0.1, 0.15) is 32.4 Å². The predicted molar refractivity (Wildman–Crippen MR) is 82.3 cm³/mol. The van der Waals surface area contributed by atoms with E-state index in [0.717, 1.165) is 6.42 Å². The van der Waals surface area contributed by atoms with E-state index < -0.39 is 0 Å². The van der Waals surface area contributed by atoms with Gasteiger partial charge in [-0.05, 0) is 36.8 Å². The Labute approximate surface area is 127 Å². The molecule has 0 amide bonds. The summed E-state index contributed by atoms with van der Waals surface area (Å²) >= 11 is 0. The fraction of sp³-hybridized carbons (Fsp3) is 0.412. The molecular weight excluding hydrogens is 278 g/mol. The van der Waals surface area contributed by atoms with E-state index in [-0.39, 0.29) is 28.9 Å². The van der Waals surface area contributed by atoms with Crippen LogP contribution < -0.4 is 11.4 Å². The highest BCUT2D eigenvalue weighted by Crippen LogP contribution is 2.70. The average Bonchev–Trinajstić information content (AvgIpc) is 3.15. The number of para-hydroxylation sites is 1. The highest BCUT2D eigenvalue weighted by atomic mass is 16.2. The molecule has 0 saturated heterocycles. The van der Waals surface area contributed by atoms with Gasteiger partial charge in [-0.25, -0.2) is 23.5 Å². The van der Waals surface area contributed by atoms with Crippen molar-refractivity contribution in [2.75, 3.05) is 0 Å². The third kappa shape index (κ3) is 1.18. The van der Waals surface area contributed by atoms with E-state index in [1.807, 2.05) is 18.2 Å². The van der Waals surface area contributed by atoms with Gasteiger partial charge in [-0.3, -0.25) is 0 Å². The molecule has 6 rings (SSSR count). The van der Waals surface area contributed by atoms with Crippen molar-refractivity contribution in [3.05, 3.63) is 62.9 Å². The van der Waals surface area contributed by atoms with Crippen molar-refractivity contribution < 1.29 is 0 Å². The fourth-order valence-electron chi connectivity index (χ4n) is 4.73. The zero-order valence-corrected chi connectivity index (χ0v) is 12.6. The number of rotatable bonds is 1. The number of aromatic nitrogens is 3. The fourth-order valence-corrected chi connectivity index (χ4v) is 4.73. The predicted octanol–water partition coefficient (Wildman–Crippen LogP) is 1.88. The minimum absolute atomic E-state index is 0.0210. The van der Waals surface area contributed by atoms with E-state index in [1.165, 1.54) is 10.1 Å². The molecule has 0 unspecified atom stereocenters. The molecule has 112 valence electrons. The van der Waals surface area contributed by atoms with Gasteiger partial charge in [-0.2, -0.15) is 0 Å². The molecule has 5 nitrogen and oxygen atoms in total. The van der Waals surface area contributed by atoms with Crippen LogP contribution in [-0.2, 0) is 0 Å². The maximum atomic E-state index is 13.0. The standard InChI is InChI=1S/C17H17N3O2/c1-10-8-13-12-9-17(12,2)14(10)20-16(22)18(15(21)19(13)20)11-6-4-3-5-7-11/h3-8,12-14H,9H2,1-2H3/t12-,13+,14-,17+/m1/s1. The van der Waals surface area contributed by atoms with Crippen molar-refractivity contribution in [1.29, 1.82) is 0 Å². The van der Waals surface area contributed by atoms with Gasteiger partial charge in [0.1, 0.15) is 0 Å². The Bertz CT molecular complexity index is 947. The summed E-state index contributed by atoms with van der Waals surface area (Å²) in [4.78, 5) is 25.8. The molecule has 22 heavy (non-hydrogen) atoms. The molecule has 1 saturated carbocycles. The third-order valence-corrected chi connectivity index (χ3v) is 5.80. The Morgan fingerprint density at radius 2 is 1.77 bits per heavy atom. The van der Waals surface area contributed by atoms with Gasteiger partial charge in [0.05, 0.1) is 17.8 Å². The highest BCUT2D eigenvalue weighted by Gasteiger charge is 2.66. The molecule has 0 N–H and O–H groups in total. The van der Waals surface area contributed by atoms with Gasteiger partial charge < -0.3 is 0 Å². The van der Waals surface area contributed by atoms with Crippen LogP contribution in [0.5, 0.6) is 0 Å². The minimum atomic E-state index is -0.219. The number of allylic oxidation sites excluding steroid dienone is 2. The van der Waals surface area contributed by atoms with Crippen LogP contribution in [0.3, 0.4) is 0 Å². The Kier molecular flexibility index (Phi) is 1.97. The van der Waals surface area contributed by atoms with Crippen LogP contribution in [0.25, 0.3) is 5.69 Å². The molecule has 1 aromatic carbocycles. The van der Waals surface area contributed by atoms with Crippen molar-refractivity contribution in [3.8, 4) is 5.69 Å². The van der Waals surface area contributed by atoms with Crippen LogP contribution in [0.2, 0.25) is 0 Å². The van der Waals surface area contributed by atoms with Crippen LogP contribution in [-0.4, -0.2) is 13.9 Å². The normalized spacial score (nSPS) is 34.1. The van der Waals surface area contributed by atoms with E-state index in [1.54, 1.807) is 21.5 Å². The Morgan fingerprint density at radius 3 is 2.50 bits per heavy atom. The first-order chi connectivity index (χ1) is 10.5. The molecule has 2 aliphatic carbocycles. The largest absolute Gasteiger partial charge is 0.352 e. The quantitative estimate of drug-likeness (QED) is 0.754. The smallest absolute Gasteiger partial charge is 0.245 e. The lowest BCUT2D eigenvalue weighted by Crippen LogP contribution is -2.45. The Balaban J connectivity index is 1.84. The van der Waals surface area contributed by atoms with E-state index >= 15 is 0 Å².